The third-order valence-corrected chi connectivity index (χ3v) is 8.73. The van der Waals surface area contributed by atoms with E-state index in [1.807, 2.05) is 68.8 Å². The molecule has 48 heavy (non-hydrogen) atoms. The van der Waals surface area contributed by atoms with Crippen molar-refractivity contribution in [3.05, 3.63) is 90.1 Å². The van der Waals surface area contributed by atoms with Crippen LogP contribution in [0.3, 0.4) is 0 Å². The Morgan fingerprint density at radius 2 is 1.77 bits per heavy atom. The van der Waals surface area contributed by atoms with E-state index in [0.29, 0.717) is 29.6 Å². The van der Waals surface area contributed by atoms with Crippen LogP contribution in [0.25, 0.3) is 22.5 Å². The van der Waals surface area contributed by atoms with Gasteiger partial charge in [-0.3, -0.25) is 14.3 Å². The second-order valence-corrected chi connectivity index (χ2v) is 13.3. The van der Waals surface area contributed by atoms with Crippen molar-refractivity contribution in [2.75, 3.05) is 10.2 Å². The number of carbonyl (C=O) groups excluding carboxylic acids is 1. The van der Waals surface area contributed by atoms with E-state index in [2.05, 4.69) is 52.7 Å². The molecule has 2 N–H and O–H groups in total. The SMILES string of the molecule is Cn1cc(-c2ccc(N(C(=O)NCc3ccccc3)C3CCC(Nc4ncc(C#N)c(-c5cc(C(C)(C)C)nn5C)n4)CC3)nc2)cn1. The first-order valence-electron chi connectivity index (χ1n) is 16.2. The Morgan fingerprint density at radius 3 is 2.40 bits per heavy atom. The minimum atomic E-state index is -0.178. The van der Waals surface area contributed by atoms with Crippen LogP contribution in [-0.4, -0.2) is 52.6 Å². The van der Waals surface area contributed by atoms with Gasteiger partial charge in [0, 0.05) is 61.7 Å². The van der Waals surface area contributed by atoms with Crippen LogP contribution >= 0.6 is 0 Å². The number of aryl methyl sites for hydroxylation is 2. The maximum atomic E-state index is 13.8. The van der Waals surface area contributed by atoms with Crippen molar-refractivity contribution >= 4 is 17.8 Å². The second kappa shape index (κ2) is 13.7. The van der Waals surface area contributed by atoms with Gasteiger partial charge in [0.15, 0.2) is 0 Å². The Balaban J connectivity index is 1.18. The van der Waals surface area contributed by atoms with Crippen molar-refractivity contribution in [3.8, 4) is 28.6 Å². The van der Waals surface area contributed by atoms with Crippen LogP contribution in [0.5, 0.6) is 0 Å². The molecule has 0 spiro atoms. The van der Waals surface area contributed by atoms with Gasteiger partial charge in [-0.15, -0.1) is 0 Å². The first-order chi connectivity index (χ1) is 23.1. The van der Waals surface area contributed by atoms with Gasteiger partial charge in [0.2, 0.25) is 5.95 Å². The van der Waals surface area contributed by atoms with Crippen molar-refractivity contribution in [2.45, 2.75) is 70.5 Å². The average molecular weight is 644 g/mol. The predicted octanol–water partition coefficient (Wildman–Crippen LogP) is 5.98. The van der Waals surface area contributed by atoms with Gasteiger partial charge >= 0.3 is 6.03 Å². The van der Waals surface area contributed by atoms with Gasteiger partial charge in [0.05, 0.1) is 29.3 Å². The van der Waals surface area contributed by atoms with E-state index in [1.54, 1.807) is 32.9 Å². The summed E-state index contributed by atoms with van der Waals surface area (Å²) in [7, 11) is 3.75. The molecular formula is C36H41N11O. The third-order valence-electron chi connectivity index (χ3n) is 8.73. The van der Waals surface area contributed by atoms with E-state index in [9.17, 15) is 10.1 Å². The summed E-state index contributed by atoms with van der Waals surface area (Å²) in [6, 6.07) is 17.9. The lowest BCUT2D eigenvalue weighted by Gasteiger charge is -2.36. The summed E-state index contributed by atoms with van der Waals surface area (Å²) in [6.07, 6.45) is 10.2. The Labute approximate surface area is 280 Å². The van der Waals surface area contributed by atoms with E-state index >= 15 is 0 Å². The molecule has 6 rings (SSSR count). The number of amides is 2. The van der Waals surface area contributed by atoms with Gasteiger partial charge in [0.1, 0.15) is 17.6 Å². The second-order valence-electron chi connectivity index (χ2n) is 13.3. The highest BCUT2D eigenvalue weighted by Crippen LogP contribution is 2.31. The zero-order valence-electron chi connectivity index (χ0n) is 28.1. The lowest BCUT2D eigenvalue weighted by Crippen LogP contribution is -2.49. The minimum Gasteiger partial charge on any atom is -0.351 e. The van der Waals surface area contributed by atoms with Crippen molar-refractivity contribution in [3.63, 3.8) is 0 Å². The molecule has 12 nitrogen and oxygen atoms in total. The van der Waals surface area contributed by atoms with Gasteiger partial charge in [-0.25, -0.2) is 19.7 Å². The fourth-order valence-corrected chi connectivity index (χ4v) is 6.03. The molecule has 4 aromatic heterocycles. The molecule has 246 valence electrons. The van der Waals surface area contributed by atoms with E-state index in [-0.39, 0.29) is 23.5 Å². The average Bonchev–Trinajstić information content (AvgIpc) is 3.71. The van der Waals surface area contributed by atoms with Crippen LogP contribution in [0.4, 0.5) is 16.6 Å². The largest absolute Gasteiger partial charge is 0.351 e. The molecule has 0 unspecified atom stereocenters. The van der Waals surface area contributed by atoms with Crippen LogP contribution in [-0.2, 0) is 26.1 Å². The number of benzene rings is 1. The maximum Gasteiger partial charge on any atom is 0.323 e. The molecule has 0 radical (unpaired) electrons. The molecule has 1 saturated carbocycles. The van der Waals surface area contributed by atoms with Crippen LogP contribution in [0, 0.1) is 11.3 Å². The molecule has 1 aliphatic carbocycles. The van der Waals surface area contributed by atoms with Crippen molar-refractivity contribution in [2.24, 2.45) is 14.1 Å². The van der Waals surface area contributed by atoms with Gasteiger partial charge in [-0.1, -0.05) is 51.1 Å². The number of urea groups is 1. The van der Waals surface area contributed by atoms with Gasteiger partial charge < -0.3 is 10.6 Å². The van der Waals surface area contributed by atoms with E-state index in [1.165, 1.54) is 0 Å². The zero-order valence-corrected chi connectivity index (χ0v) is 28.1. The molecule has 0 saturated heterocycles. The third kappa shape index (κ3) is 7.20. The monoisotopic (exact) mass is 643 g/mol. The highest BCUT2D eigenvalue weighted by atomic mass is 16.2. The summed E-state index contributed by atoms with van der Waals surface area (Å²) in [6.45, 7) is 6.74. The number of nitrogens with zero attached hydrogens (tertiary/aromatic N) is 9. The minimum absolute atomic E-state index is 0.0433. The summed E-state index contributed by atoms with van der Waals surface area (Å²) >= 11 is 0. The van der Waals surface area contributed by atoms with E-state index < -0.39 is 0 Å². The number of hydrogen-bond donors (Lipinski definition) is 2. The van der Waals surface area contributed by atoms with Crippen molar-refractivity contribution in [1.82, 2.24) is 39.8 Å². The summed E-state index contributed by atoms with van der Waals surface area (Å²) in [5, 5.41) is 25.4. The van der Waals surface area contributed by atoms with Crippen LogP contribution in [0.1, 0.15) is 63.3 Å². The van der Waals surface area contributed by atoms with Crippen LogP contribution in [0.15, 0.2) is 73.3 Å². The van der Waals surface area contributed by atoms with Crippen LogP contribution in [0.2, 0.25) is 0 Å². The number of rotatable bonds is 8. The zero-order chi connectivity index (χ0) is 33.8. The summed E-state index contributed by atoms with van der Waals surface area (Å²) in [4.78, 5) is 29.6. The molecule has 0 aliphatic heterocycles. The molecule has 12 heteroatoms. The smallest absolute Gasteiger partial charge is 0.323 e. The predicted molar refractivity (Wildman–Crippen MR) is 185 cm³/mol. The van der Waals surface area contributed by atoms with Gasteiger partial charge in [-0.2, -0.15) is 15.5 Å². The number of pyridine rings is 1. The topological polar surface area (TPSA) is 142 Å². The number of carbonyl (C=O) groups is 1. The molecule has 0 bridgehead atoms. The van der Waals surface area contributed by atoms with E-state index in [0.717, 1.165) is 53.8 Å². The Morgan fingerprint density at radius 1 is 1.00 bits per heavy atom. The quantitative estimate of drug-likeness (QED) is 0.210. The number of nitriles is 1. The molecule has 1 aliphatic rings. The summed E-state index contributed by atoms with van der Waals surface area (Å²) in [5.74, 6) is 1.08. The van der Waals surface area contributed by atoms with Gasteiger partial charge in [0.25, 0.3) is 0 Å². The maximum absolute atomic E-state index is 13.8. The molecule has 0 atom stereocenters. The molecule has 1 fully saturated rings. The Bertz CT molecular complexity index is 1910. The Kier molecular flexibility index (Phi) is 9.21. The van der Waals surface area contributed by atoms with Crippen LogP contribution < -0.4 is 15.5 Å². The van der Waals surface area contributed by atoms with E-state index in [4.69, 9.17) is 9.97 Å². The lowest BCUT2D eigenvalue weighted by molar-refractivity contribution is 0.240. The highest BCUT2D eigenvalue weighted by Gasteiger charge is 2.31. The summed E-state index contributed by atoms with van der Waals surface area (Å²) < 4.78 is 3.53. The molecule has 1 aromatic carbocycles. The van der Waals surface area contributed by atoms with Gasteiger partial charge in [-0.05, 0) is 49.4 Å². The van der Waals surface area contributed by atoms with Crippen molar-refractivity contribution in [1.29, 1.82) is 5.26 Å². The standard InChI is InChI=1S/C36H41N11O/c1-36(2,3)31-17-30(46(5)44-31)33-26(18-37)21-39-34(43-33)42-28-12-14-29(15-13-28)47(35(48)40-19-24-9-7-6-8-10-24)32-16-11-25(20-38-32)27-22-41-45(4)23-27/h6-11,16-17,20-23,28-29H,12-15,19H2,1-5H3,(H,40,48)(H,39,42,43). The number of anilines is 2. The Hall–Kier alpha value is -5.57. The molecule has 4 heterocycles. The lowest BCUT2D eigenvalue weighted by atomic mass is 9.90. The molecule has 2 amide bonds. The molecule has 5 aromatic rings. The fraction of sp³-hybridized carbons (Fsp3) is 0.361. The fourth-order valence-electron chi connectivity index (χ4n) is 6.03. The highest BCUT2D eigenvalue weighted by molar-refractivity contribution is 5.91. The summed E-state index contributed by atoms with van der Waals surface area (Å²) in [5.41, 5.74) is 5.43. The van der Waals surface area contributed by atoms with Crippen molar-refractivity contribution < 1.29 is 4.79 Å². The number of nitrogens with one attached hydrogen (secondary N) is 2. The number of hydrogen-bond acceptors (Lipinski definition) is 8. The number of aromatic nitrogens is 7. The first kappa shape index (κ1) is 32.4. The molecular weight excluding hydrogens is 602 g/mol. The first-order valence-corrected chi connectivity index (χ1v) is 16.2. The normalized spacial score (nSPS) is 16.2.